The second-order valence-corrected chi connectivity index (χ2v) is 2.24. The number of nitrogens with zero attached hydrogens (tertiary/aromatic N) is 2. The number of rotatable bonds is 4. The summed E-state index contributed by atoms with van der Waals surface area (Å²) in [6.45, 7) is 0.703. The third-order valence-corrected chi connectivity index (χ3v) is 1.26. The molecule has 0 saturated heterocycles. The van der Waals surface area contributed by atoms with Gasteiger partial charge >= 0.3 is 0 Å². The third kappa shape index (κ3) is 2.67. The van der Waals surface area contributed by atoms with Crippen LogP contribution >= 0.6 is 0 Å². The van der Waals surface area contributed by atoms with Gasteiger partial charge in [0.2, 0.25) is 5.91 Å². The molecule has 3 N–H and O–H groups in total. The van der Waals surface area contributed by atoms with E-state index in [9.17, 15) is 4.79 Å². The van der Waals surface area contributed by atoms with Crippen molar-refractivity contribution in [1.82, 2.24) is 25.8 Å². The highest BCUT2D eigenvalue weighted by molar-refractivity contribution is 5.77. The smallest absolute Gasteiger partial charge is 0.234 e. The van der Waals surface area contributed by atoms with Gasteiger partial charge in [-0.2, -0.15) is 5.10 Å². The Kier molecular flexibility index (Phi) is 3.21. The fourth-order valence-corrected chi connectivity index (χ4v) is 0.721. The number of aromatic nitrogens is 3. The number of amides is 1. The topological polar surface area (TPSA) is 82.7 Å². The van der Waals surface area contributed by atoms with E-state index in [0.29, 0.717) is 18.9 Å². The number of nitrogens with one attached hydrogen (secondary N) is 3. The van der Waals surface area contributed by atoms with Crippen molar-refractivity contribution in [3.05, 3.63) is 12.2 Å². The maximum Gasteiger partial charge on any atom is 0.234 e. The second-order valence-electron chi connectivity index (χ2n) is 2.24. The first-order chi connectivity index (χ1) is 5.83. The Bertz CT molecular complexity index is 232. The molecule has 0 spiro atoms. The Morgan fingerprint density at radius 1 is 1.75 bits per heavy atom. The molecule has 1 aromatic rings. The number of likely N-dealkylation sites (N-methyl/N-ethyl adjacent to an activating group) is 1. The zero-order chi connectivity index (χ0) is 8.81. The van der Waals surface area contributed by atoms with E-state index >= 15 is 0 Å². The summed E-state index contributed by atoms with van der Waals surface area (Å²) in [6.07, 6.45) is 1.40. The Balaban J connectivity index is 2.22. The molecule has 0 aromatic carbocycles. The number of carbonyl (C=O) groups excluding carboxylic acids is 1. The highest BCUT2D eigenvalue weighted by Crippen LogP contribution is 1.82. The Hall–Kier alpha value is -1.43. The largest absolute Gasteiger partial charge is 0.348 e. The number of carbonyl (C=O) groups is 1. The molecule has 12 heavy (non-hydrogen) atoms. The van der Waals surface area contributed by atoms with Crippen molar-refractivity contribution >= 4 is 5.91 Å². The van der Waals surface area contributed by atoms with Gasteiger partial charge in [-0.15, -0.1) is 0 Å². The lowest BCUT2D eigenvalue weighted by Gasteiger charge is -2.00. The standard InChI is InChI=1S/C6H11N5O/c1-7-3-6(12)8-2-5-9-4-10-11-5/h4,7H,2-3H2,1H3,(H,8,12)(H,9,10,11). The van der Waals surface area contributed by atoms with Crippen LogP contribution in [-0.4, -0.2) is 34.7 Å². The van der Waals surface area contributed by atoms with E-state index < -0.39 is 0 Å². The summed E-state index contributed by atoms with van der Waals surface area (Å²) in [6, 6.07) is 0. The van der Waals surface area contributed by atoms with Crippen molar-refractivity contribution in [3.8, 4) is 0 Å². The minimum Gasteiger partial charge on any atom is -0.348 e. The van der Waals surface area contributed by atoms with Crippen LogP contribution in [0.5, 0.6) is 0 Å². The fraction of sp³-hybridized carbons (Fsp3) is 0.500. The van der Waals surface area contributed by atoms with Gasteiger partial charge < -0.3 is 10.6 Å². The van der Waals surface area contributed by atoms with Crippen LogP contribution in [0.15, 0.2) is 6.33 Å². The average Bonchev–Trinajstić information content (AvgIpc) is 2.53. The van der Waals surface area contributed by atoms with E-state index in [0.717, 1.165) is 0 Å². The molecule has 0 aliphatic heterocycles. The molecule has 1 amide bonds. The number of hydrogen-bond donors (Lipinski definition) is 3. The van der Waals surface area contributed by atoms with Crippen LogP contribution in [0.2, 0.25) is 0 Å². The van der Waals surface area contributed by atoms with Crippen molar-refractivity contribution in [2.24, 2.45) is 0 Å². The van der Waals surface area contributed by atoms with Gasteiger partial charge in [-0.1, -0.05) is 0 Å². The molecule has 0 unspecified atom stereocenters. The summed E-state index contributed by atoms with van der Waals surface area (Å²) >= 11 is 0. The Labute approximate surface area is 69.8 Å². The van der Waals surface area contributed by atoms with E-state index in [1.165, 1.54) is 6.33 Å². The predicted octanol–water partition coefficient (Wildman–Crippen LogP) is -1.36. The molecule has 0 fully saturated rings. The van der Waals surface area contributed by atoms with Crippen LogP contribution in [0.3, 0.4) is 0 Å². The molecule has 6 heteroatoms. The molecule has 1 rings (SSSR count). The minimum atomic E-state index is -0.0612. The van der Waals surface area contributed by atoms with E-state index in [1.807, 2.05) is 0 Å². The SMILES string of the molecule is CNCC(=O)NCc1ncn[nH]1. The predicted molar refractivity (Wildman–Crippen MR) is 42.2 cm³/mol. The van der Waals surface area contributed by atoms with Crippen molar-refractivity contribution in [2.45, 2.75) is 6.54 Å². The van der Waals surface area contributed by atoms with Crippen molar-refractivity contribution in [3.63, 3.8) is 0 Å². The second kappa shape index (κ2) is 4.45. The minimum absolute atomic E-state index is 0.0612. The average molecular weight is 169 g/mol. The maximum absolute atomic E-state index is 10.9. The Morgan fingerprint density at radius 3 is 3.17 bits per heavy atom. The van der Waals surface area contributed by atoms with Crippen LogP contribution < -0.4 is 10.6 Å². The van der Waals surface area contributed by atoms with Gasteiger partial charge in [0.25, 0.3) is 0 Å². The van der Waals surface area contributed by atoms with Crippen LogP contribution in [0, 0.1) is 0 Å². The van der Waals surface area contributed by atoms with Gasteiger partial charge in [-0.05, 0) is 7.05 Å². The monoisotopic (exact) mass is 169 g/mol. The van der Waals surface area contributed by atoms with Gasteiger partial charge in [0, 0.05) is 0 Å². The van der Waals surface area contributed by atoms with Gasteiger partial charge in [0.1, 0.15) is 12.2 Å². The lowest BCUT2D eigenvalue weighted by molar-refractivity contribution is -0.120. The summed E-state index contributed by atoms with van der Waals surface area (Å²) in [5, 5.41) is 11.7. The molecule has 66 valence electrons. The summed E-state index contributed by atoms with van der Waals surface area (Å²) in [5.74, 6) is 0.591. The molecule has 1 heterocycles. The van der Waals surface area contributed by atoms with E-state index in [2.05, 4.69) is 25.8 Å². The van der Waals surface area contributed by atoms with Gasteiger partial charge in [-0.25, -0.2) is 4.98 Å². The molecule has 0 bridgehead atoms. The first-order valence-corrected chi connectivity index (χ1v) is 3.58. The molecule has 6 nitrogen and oxygen atoms in total. The summed E-state index contributed by atoms with van der Waals surface area (Å²) in [4.78, 5) is 14.7. The molecule has 1 aromatic heterocycles. The number of aromatic amines is 1. The van der Waals surface area contributed by atoms with E-state index in [4.69, 9.17) is 0 Å². The van der Waals surface area contributed by atoms with Crippen molar-refractivity contribution in [1.29, 1.82) is 0 Å². The first-order valence-electron chi connectivity index (χ1n) is 3.58. The van der Waals surface area contributed by atoms with Crippen LogP contribution in [0.1, 0.15) is 5.82 Å². The molecule has 0 atom stereocenters. The molecular weight excluding hydrogens is 158 g/mol. The van der Waals surface area contributed by atoms with Gasteiger partial charge in [-0.3, -0.25) is 9.89 Å². The molecular formula is C6H11N5O. The molecule has 0 radical (unpaired) electrons. The van der Waals surface area contributed by atoms with Crippen molar-refractivity contribution in [2.75, 3.05) is 13.6 Å². The molecule has 0 aliphatic carbocycles. The lowest BCUT2D eigenvalue weighted by atomic mass is 10.5. The first kappa shape index (κ1) is 8.66. The third-order valence-electron chi connectivity index (χ3n) is 1.26. The normalized spacial score (nSPS) is 9.75. The zero-order valence-electron chi connectivity index (χ0n) is 6.79. The number of H-pyrrole nitrogens is 1. The van der Waals surface area contributed by atoms with E-state index in [-0.39, 0.29) is 5.91 Å². The number of hydrogen-bond acceptors (Lipinski definition) is 4. The Morgan fingerprint density at radius 2 is 2.58 bits per heavy atom. The lowest BCUT2D eigenvalue weighted by Crippen LogP contribution is -2.31. The van der Waals surface area contributed by atoms with Gasteiger partial charge in [0.05, 0.1) is 13.1 Å². The van der Waals surface area contributed by atoms with Crippen LogP contribution in [0.25, 0.3) is 0 Å². The fourth-order valence-electron chi connectivity index (χ4n) is 0.721. The van der Waals surface area contributed by atoms with Gasteiger partial charge in [0.15, 0.2) is 0 Å². The molecule has 0 aliphatic rings. The summed E-state index contributed by atoms with van der Waals surface area (Å²) in [7, 11) is 1.72. The quantitative estimate of drug-likeness (QED) is 0.520. The van der Waals surface area contributed by atoms with Crippen molar-refractivity contribution < 1.29 is 4.79 Å². The highest BCUT2D eigenvalue weighted by atomic mass is 16.1. The van der Waals surface area contributed by atoms with Crippen LogP contribution in [-0.2, 0) is 11.3 Å². The molecule has 0 saturated carbocycles. The zero-order valence-corrected chi connectivity index (χ0v) is 6.79. The highest BCUT2D eigenvalue weighted by Gasteiger charge is 1.99. The van der Waals surface area contributed by atoms with Crippen LogP contribution in [0.4, 0.5) is 0 Å². The summed E-state index contributed by atoms with van der Waals surface area (Å²) < 4.78 is 0. The summed E-state index contributed by atoms with van der Waals surface area (Å²) in [5.41, 5.74) is 0. The maximum atomic E-state index is 10.9. The van der Waals surface area contributed by atoms with E-state index in [1.54, 1.807) is 7.05 Å².